The fraction of sp³-hybridized carbons (Fsp3) is 0.0667. The second-order valence-electron chi connectivity index (χ2n) is 4.18. The lowest BCUT2D eigenvalue weighted by Crippen LogP contribution is -2.07. The minimum Gasteiger partial charge on any atom is -0.390 e. The summed E-state index contributed by atoms with van der Waals surface area (Å²) < 4.78 is 65.5. The fourth-order valence-electron chi connectivity index (χ4n) is 1.63. The van der Waals surface area contributed by atoms with E-state index in [9.17, 15) is 22.0 Å². The van der Waals surface area contributed by atoms with Crippen LogP contribution in [0.3, 0.4) is 0 Å². The number of benzene rings is 2. The largest absolute Gasteiger partial charge is 0.390 e. The highest BCUT2D eigenvalue weighted by molar-refractivity contribution is 5.82. The van der Waals surface area contributed by atoms with E-state index in [4.69, 9.17) is 5.26 Å². The normalized spacial score (nSPS) is 10.8. The molecule has 0 saturated heterocycles. The molecule has 0 N–H and O–H groups in total. The van der Waals surface area contributed by atoms with Gasteiger partial charge in [0.25, 0.3) is 0 Å². The summed E-state index contributed by atoms with van der Waals surface area (Å²) in [5.74, 6) is -10.4. The second kappa shape index (κ2) is 6.87. The molecule has 2 aromatic rings. The predicted molar refractivity (Wildman–Crippen MR) is 68.7 cm³/mol. The molecular formula is C15H6F5N2O. The minimum atomic E-state index is -2.25. The van der Waals surface area contributed by atoms with Gasteiger partial charge in [0.05, 0.1) is 17.2 Å². The molecule has 23 heavy (non-hydrogen) atoms. The molecule has 0 atom stereocenters. The van der Waals surface area contributed by atoms with Gasteiger partial charge in [0.1, 0.15) is 12.8 Å². The summed E-state index contributed by atoms with van der Waals surface area (Å²) >= 11 is 0. The van der Waals surface area contributed by atoms with Crippen molar-refractivity contribution in [3.05, 3.63) is 70.0 Å². The fourth-order valence-corrected chi connectivity index (χ4v) is 1.63. The van der Waals surface area contributed by atoms with E-state index in [2.05, 4.69) is 16.2 Å². The van der Waals surface area contributed by atoms with Crippen molar-refractivity contribution < 1.29 is 26.8 Å². The third-order valence-corrected chi connectivity index (χ3v) is 2.79. The van der Waals surface area contributed by atoms with E-state index in [0.717, 1.165) is 0 Å². The van der Waals surface area contributed by atoms with Crippen LogP contribution < -0.4 is 0 Å². The van der Waals surface area contributed by atoms with Crippen LogP contribution in [-0.4, -0.2) is 6.21 Å². The zero-order valence-electron chi connectivity index (χ0n) is 11.2. The van der Waals surface area contributed by atoms with Crippen molar-refractivity contribution >= 4 is 6.21 Å². The zero-order chi connectivity index (χ0) is 17.0. The summed E-state index contributed by atoms with van der Waals surface area (Å²) in [5, 5.41) is 12.1. The summed E-state index contributed by atoms with van der Waals surface area (Å²) in [5.41, 5.74) is -0.691. The number of hydrogen-bond acceptors (Lipinski definition) is 3. The van der Waals surface area contributed by atoms with Gasteiger partial charge in [-0.3, -0.25) is 0 Å². The molecule has 117 valence electrons. The Labute approximate surface area is 127 Å². The molecular weight excluding hydrogens is 319 g/mol. The van der Waals surface area contributed by atoms with Crippen LogP contribution in [0.25, 0.3) is 0 Å². The molecule has 0 aliphatic rings. The Hall–Kier alpha value is -2.95. The Kier molecular flexibility index (Phi) is 4.91. The highest BCUT2D eigenvalue weighted by atomic mass is 19.2. The predicted octanol–water partition coefficient (Wildman–Crippen LogP) is 3.68. The molecule has 0 aliphatic carbocycles. The quantitative estimate of drug-likeness (QED) is 0.283. The van der Waals surface area contributed by atoms with Crippen molar-refractivity contribution in [3.8, 4) is 6.07 Å². The van der Waals surface area contributed by atoms with Gasteiger partial charge in [0, 0.05) is 5.56 Å². The topological polar surface area (TPSA) is 45.4 Å². The summed E-state index contributed by atoms with van der Waals surface area (Å²) in [6.07, 6.45) is 2.29. The molecule has 2 aromatic carbocycles. The average Bonchev–Trinajstić information content (AvgIpc) is 2.58. The molecule has 0 unspecified atom stereocenters. The lowest BCUT2D eigenvalue weighted by atomic mass is 10.1. The van der Waals surface area contributed by atoms with Crippen LogP contribution in [0.1, 0.15) is 16.7 Å². The third kappa shape index (κ3) is 3.29. The third-order valence-electron chi connectivity index (χ3n) is 2.79. The van der Waals surface area contributed by atoms with Crippen molar-refractivity contribution in [3.63, 3.8) is 0 Å². The van der Waals surface area contributed by atoms with Gasteiger partial charge < -0.3 is 4.84 Å². The number of hydrogen-bond donors (Lipinski definition) is 0. The van der Waals surface area contributed by atoms with Crippen LogP contribution in [-0.2, 0) is 11.4 Å². The lowest BCUT2D eigenvalue weighted by Gasteiger charge is -2.06. The van der Waals surface area contributed by atoms with Crippen molar-refractivity contribution in [2.24, 2.45) is 5.16 Å². The maximum Gasteiger partial charge on any atom is 0.200 e. The maximum atomic E-state index is 13.4. The lowest BCUT2D eigenvalue weighted by molar-refractivity contribution is 0.124. The Morgan fingerprint density at radius 1 is 0.870 bits per heavy atom. The Balaban J connectivity index is 2.17. The Bertz CT molecular complexity index is 785. The van der Waals surface area contributed by atoms with Crippen molar-refractivity contribution in [2.75, 3.05) is 0 Å². The number of nitrogens with zero attached hydrogens (tertiary/aromatic N) is 2. The van der Waals surface area contributed by atoms with Gasteiger partial charge in [-0.2, -0.15) is 5.26 Å². The van der Waals surface area contributed by atoms with Crippen molar-refractivity contribution in [2.45, 2.75) is 6.61 Å². The molecule has 0 spiro atoms. The SMILES string of the molecule is N#Cc1ccccc1/[C]=N\OCc1c(F)c(F)c(F)c(F)c1F. The van der Waals surface area contributed by atoms with E-state index >= 15 is 0 Å². The minimum absolute atomic E-state index is 0.219. The molecule has 0 aliphatic heterocycles. The van der Waals surface area contributed by atoms with E-state index < -0.39 is 41.3 Å². The smallest absolute Gasteiger partial charge is 0.200 e. The molecule has 0 bridgehead atoms. The monoisotopic (exact) mass is 325 g/mol. The van der Waals surface area contributed by atoms with E-state index in [0.29, 0.717) is 0 Å². The van der Waals surface area contributed by atoms with Crippen molar-refractivity contribution in [1.29, 1.82) is 5.26 Å². The molecule has 0 heterocycles. The van der Waals surface area contributed by atoms with Crippen LogP contribution in [0, 0.1) is 40.4 Å². The van der Waals surface area contributed by atoms with Crippen LogP contribution >= 0.6 is 0 Å². The van der Waals surface area contributed by atoms with Gasteiger partial charge in [-0.25, -0.2) is 22.0 Å². The first-order valence-electron chi connectivity index (χ1n) is 6.04. The van der Waals surface area contributed by atoms with Gasteiger partial charge in [0.2, 0.25) is 5.82 Å². The van der Waals surface area contributed by atoms with Crippen LogP contribution in [0.15, 0.2) is 29.4 Å². The molecule has 2 rings (SSSR count). The Morgan fingerprint density at radius 2 is 1.39 bits per heavy atom. The Morgan fingerprint density at radius 3 is 1.96 bits per heavy atom. The van der Waals surface area contributed by atoms with Gasteiger partial charge >= 0.3 is 0 Å². The number of nitriles is 1. The maximum absolute atomic E-state index is 13.4. The molecule has 0 saturated carbocycles. The van der Waals surface area contributed by atoms with Crippen LogP contribution in [0.4, 0.5) is 22.0 Å². The average molecular weight is 325 g/mol. The molecule has 0 amide bonds. The van der Waals surface area contributed by atoms with Gasteiger partial charge in [0.15, 0.2) is 23.3 Å². The first kappa shape index (κ1) is 16.4. The first-order valence-corrected chi connectivity index (χ1v) is 6.04. The van der Waals surface area contributed by atoms with Crippen LogP contribution in [0.2, 0.25) is 0 Å². The molecule has 0 aromatic heterocycles. The molecule has 1 radical (unpaired) electrons. The van der Waals surface area contributed by atoms with Gasteiger partial charge in [-0.1, -0.05) is 23.4 Å². The number of rotatable bonds is 4. The highest BCUT2D eigenvalue weighted by Crippen LogP contribution is 2.23. The van der Waals surface area contributed by atoms with Gasteiger partial charge in [-0.15, -0.1) is 0 Å². The standard InChI is InChI=1S/C15H6F5N2O/c16-11-10(12(17)14(19)15(20)13(11)18)7-23-22-6-9-4-2-1-3-8(9)5-21/h1-4H,7H2. The molecule has 0 fully saturated rings. The summed E-state index contributed by atoms with van der Waals surface area (Å²) in [4.78, 5) is 4.50. The zero-order valence-corrected chi connectivity index (χ0v) is 11.2. The van der Waals surface area contributed by atoms with Gasteiger partial charge in [-0.05, 0) is 6.07 Å². The molecule has 3 nitrogen and oxygen atoms in total. The number of halogens is 5. The highest BCUT2D eigenvalue weighted by Gasteiger charge is 2.25. The summed E-state index contributed by atoms with van der Waals surface area (Å²) in [6.45, 7) is -0.993. The van der Waals surface area contributed by atoms with E-state index in [1.165, 1.54) is 12.1 Å². The first-order chi connectivity index (χ1) is 11.0. The van der Waals surface area contributed by atoms with Crippen LogP contribution in [0.5, 0.6) is 0 Å². The van der Waals surface area contributed by atoms with Crippen molar-refractivity contribution in [1.82, 2.24) is 0 Å². The molecule has 8 heteroatoms. The second-order valence-corrected chi connectivity index (χ2v) is 4.18. The van der Waals surface area contributed by atoms with E-state index in [-0.39, 0.29) is 11.1 Å². The van der Waals surface area contributed by atoms with E-state index in [1.54, 1.807) is 12.1 Å². The van der Waals surface area contributed by atoms with E-state index in [1.807, 2.05) is 6.07 Å². The summed E-state index contributed by atoms with van der Waals surface area (Å²) in [7, 11) is 0. The summed E-state index contributed by atoms with van der Waals surface area (Å²) in [6, 6.07) is 7.99.